The van der Waals surface area contributed by atoms with Crippen molar-refractivity contribution in [1.29, 1.82) is 0 Å². The van der Waals surface area contributed by atoms with Crippen molar-refractivity contribution in [2.24, 2.45) is 23.2 Å². The largest absolute Gasteiger partial charge is 0.498 e. The molecule has 4 unspecified atom stereocenters. The van der Waals surface area contributed by atoms with Gasteiger partial charge in [-0.1, -0.05) is 54.4 Å². The van der Waals surface area contributed by atoms with Crippen LogP contribution in [-0.2, 0) is 4.74 Å². The highest BCUT2D eigenvalue weighted by atomic mass is 16.5. The molecule has 1 rings (SSSR count). The van der Waals surface area contributed by atoms with Gasteiger partial charge < -0.3 is 4.74 Å². The number of ether oxygens (including phenoxy) is 1. The van der Waals surface area contributed by atoms with Gasteiger partial charge in [0.15, 0.2) is 0 Å². The normalized spacial score (nSPS) is 26.8. The Hall–Kier alpha value is -0.460. The second-order valence-corrected chi connectivity index (χ2v) is 7.00. The van der Waals surface area contributed by atoms with E-state index in [2.05, 4.69) is 47.6 Å². The molecule has 0 aromatic carbocycles. The Morgan fingerprint density at radius 2 is 1.84 bits per heavy atom. The summed E-state index contributed by atoms with van der Waals surface area (Å²) in [4.78, 5) is 0. The number of hydrogen-bond donors (Lipinski definition) is 0. The Morgan fingerprint density at radius 1 is 1.21 bits per heavy atom. The first-order valence-corrected chi connectivity index (χ1v) is 8.25. The molecule has 0 saturated carbocycles. The van der Waals surface area contributed by atoms with E-state index < -0.39 is 0 Å². The van der Waals surface area contributed by atoms with Crippen molar-refractivity contribution in [3.8, 4) is 0 Å². The molecule has 0 fully saturated rings. The molecule has 0 aliphatic carbocycles. The SMILES string of the molecule is CCC(C)(CC)C(C)CCC(C)C1OC=CCC1C. The maximum Gasteiger partial charge on any atom is 0.103 e. The van der Waals surface area contributed by atoms with E-state index in [1.807, 2.05) is 6.26 Å². The Balaban J connectivity index is 2.45. The van der Waals surface area contributed by atoms with Crippen LogP contribution >= 0.6 is 0 Å². The molecule has 1 aliphatic rings. The molecule has 0 amide bonds. The molecule has 1 nitrogen and oxygen atoms in total. The van der Waals surface area contributed by atoms with Gasteiger partial charge in [0, 0.05) is 0 Å². The molecule has 112 valence electrons. The third-order valence-corrected chi connectivity index (χ3v) is 5.82. The minimum Gasteiger partial charge on any atom is -0.498 e. The number of allylic oxidation sites excluding steroid dienone is 1. The van der Waals surface area contributed by atoms with Crippen LogP contribution in [0.25, 0.3) is 0 Å². The van der Waals surface area contributed by atoms with Crippen molar-refractivity contribution in [2.75, 3.05) is 0 Å². The quantitative estimate of drug-likeness (QED) is 0.565. The lowest BCUT2D eigenvalue weighted by molar-refractivity contribution is 0.0273. The first-order chi connectivity index (χ1) is 8.94. The van der Waals surface area contributed by atoms with Crippen molar-refractivity contribution in [2.45, 2.75) is 79.8 Å². The van der Waals surface area contributed by atoms with Gasteiger partial charge in [-0.3, -0.25) is 0 Å². The van der Waals surface area contributed by atoms with E-state index >= 15 is 0 Å². The van der Waals surface area contributed by atoms with Gasteiger partial charge in [-0.25, -0.2) is 0 Å². The average molecular weight is 266 g/mol. The molecule has 0 aromatic rings. The highest BCUT2D eigenvalue weighted by Gasteiger charge is 2.30. The molecular formula is C18H34O. The van der Waals surface area contributed by atoms with Gasteiger partial charge in [0.2, 0.25) is 0 Å². The molecule has 0 aromatic heterocycles. The summed E-state index contributed by atoms with van der Waals surface area (Å²) in [5.74, 6) is 2.14. The van der Waals surface area contributed by atoms with Crippen LogP contribution in [0.2, 0.25) is 0 Å². The summed E-state index contributed by atoms with van der Waals surface area (Å²) >= 11 is 0. The molecule has 19 heavy (non-hydrogen) atoms. The van der Waals surface area contributed by atoms with Crippen LogP contribution in [0.5, 0.6) is 0 Å². The van der Waals surface area contributed by atoms with E-state index in [9.17, 15) is 0 Å². The maximum atomic E-state index is 5.84. The lowest BCUT2D eigenvalue weighted by Crippen LogP contribution is -2.31. The van der Waals surface area contributed by atoms with Gasteiger partial charge >= 0.3 is 0 Å². The fraction of sp³-hybridized carbons (Fsp3) is 0.889. The van der Waals surface area contributed by atoms with Crippen LogP contribution in [0.3, 0.4) is 0 Å². The first kappa shape index (κ1) is 16.6. The fourth-order valence-corrected chi connectivity index (χ4v) is 3.35. The number of hydrogen-bond acceptors (Lipinski definition) is 1. The van der Waals surface area contributed by atoms with Gasteiger partial charge in [0.25, 0.3) is 0 Å². The van der Waals surface area contributed by atoms with Crippen LogP contribution in [0.1, 0.15) is 73.6 Å². The summed E-state index contributed by atoms with van der Waals surface area (Å²) in [7, 11) is 0. The molecule has 0 spiro atoms. The summed E-state index contributed by atoms with van der Waals surface area (Å²) in [6.07, 6.45) is 10.9. The molecule has 4 atom stereocenters. The van der Waals surface area contributed by atoms with Crippen LogP contribution < -0.4 is 0 Å². The fourth-order valence-electron chi connectivity index (χ4n) is 3.35. The highest BCUT2D eigenvalue weighted by Crippen LogP contribution is 2.38. The van der Waals surface area contributed by atoms with Gasteiger partial charge in [-0.05, 0) is 48.5 Å². The maximum absolute atomic E-state index is 5.84. The van der Waals surface area contributed by atoms with Crippen LogP contribution in [0, 0.1) is 23.2 Å². The zero-order valence-electron chi connectivity index (χ0n) is 13.9. The molecular weight excluding hydrogens is 232 g/mol. The van der Waals surface area contributed by atoms with Crippen molar-refractivity contribution in [1.82, 2.24) is 0 Å². The summed E-state index contributed by atoms with van der Waals surface area (Å²) in [6, 6.07) is 0. The lowest BCUT2D eigenvalue weighted by atomic mass is 9.71. The molecule has 0 bridgehead atoms. The predicted molar refractivity (Wildman–Crippen MR) is 84.0 cm³/mol. The van der Waals surface area contributed by atoms with Crippen LogP contribution in [0.4, 0.5) is 0 Å². The summed E-state index contributed by atoms with van der Waals surface area (Å²) in [5, 5.41) is 0. The van der Waals surface area contributed by atoms with Gasteiger partial charge in [0.05, 0.1) is 6.26 Å². The molecule has 0 radical (unpaired) electrons. The molecule has 0 saturated heterocycles. The summed E-state index contributed by atoms with van der Waals surface area (Å²) < 4.78 is 5.84. The van der Waals surface area contributed by atoms with E-state index in [1.165, 1.54) is 32.1 Å². The Kier molecular flexibility index (Phi) is 6.42. The van der Waals surface area contributed by atoms with Crippen LogP contribution in [-0.4, -0.2) is 6.10 Å². The van der Waals surface area contributed by atoms with Gasteiger partial charge in [0.1, 0.15) is 6.10 Å². The second kappa shape index (κ2) is 7.36. The van der Waals surface area contributed by atoms with E-state index in [0.29, 0.717) is 23.4 Å². The van der Waals surface area contributed by atoms with E-state index in [1.54, 1.807) is 0 Å². The molecule has 1 heteroatoms. The van der Waals surface area contributed by atoms with E-state index in [0.717, 1.165) is 5.92 Å². The minimum absolute atomic E-state index is 0.423. The van der Waals surface area contributed by atoms with E-state index in [4.69, 9.17) is 4.74 Å². The zero-order chi connectivity index (χ0) is 14.5. The molecule has 1 heterocycles. The van der Waals surface area contributed by atoms with Gasteiger partial charge in [-0.2, -0.15) is 0 Å². The molecule has 0 N–H and O–H groups in total. The third-order valence-electron chi connectivity index (χ3n) is 5.82. The highest BCUT2D eigenvalue weighted by molar-refractivity contribution is 4.89. The predicted octanol–water partition coefficient (Wildman–Crippen LogP) is 5.80. The zero-order valence-corrected chi connectivity index (χ0v) is 13.9. The Bertz CT molecular complexity index is 277. The second-order valence-electron chi connectivity index (χ2n) is 7.00. The van der Waals surface area contributed by atoms with Crippen LogP contribution in [0.15, 0.2) is 12.3 Å². The lowest BCUT2D eigenvalue weighted by Gasteiger charge is -2.36. The summed E-state index contributed by atoms with van der Waals surface area (Å²) in [5.41, 5.74) is 0.513. The van der Waals surface area contributed by atoms with Gasteiger partial charge in [-0.15, -0.1) is 0 Å². The number of rotatable bonds is 7. The van der Waals surface area contributed by atoms with Crippen molar-refractivity contribution < 1.29 is 4.74 Å². The third kappa shape index (κ3) is 4.26. The van der Waals surface area contributed by atoms with Crippen molar-refractivity contribution >= 4 is 0 Å². The van der Waals surface area contributed by atoms with Crippen molar-refractivity contribution in [3.05, 3.63) is 12.3 Å². The topological polar surface area (TPSA) is 9.23 Å². The average Bonchev–Trinajstić information content (AvgIpc) is 2.43. The smallest absolute Gasteiger partial charge is 0.103 e. The molecule has 1 aliphatic heterocycles. The summed E-state index contributed by atoms with van der Waals surface area (Å²) in [6.45, 7) is 14.2. The van der Waals surface area contributed by atoms with Crippen molar-refractivity contribution in [3.63, 3.8) is 0 Å². The Labute approximate surface area is 120 Å². The minimum atomic E-state index is 0.423. The Morgan fingerprint density at radius 3 is 2.37 bits per heavy atom. The monoisotopic (exact) mass is 266 g/mol. The first-order valence-electron chi connectivity index (χ1n) is 8.25. The van der Waals surface area contributed by atoms with E-state index in [-0.39, 0.29) is 0 Å². The standard InChI is InChI=1S/C18H34O/c1-7-18(6,8-2)16(5)12-11-15(4)17-14(3)10-9-13-19-17/h9,13-17H,7-8,10-12H2,1-6H3.